The van der Waals surface area contributed by atoms with Gasteiger partial charge >= 0.3 is 0 Å². The molecule has 1 N–H and O–H groups in total. The van der Waals surface area contributed by atoms with Crippen molar-refractivity contribution in [2.45, 2.75) is 0 Å². The van der Waals surface area contributed by atoms with E-state index in [4.69, 9.17) is 4.74 Å². The number of nitrogens with zero attached hydrogens (tertiary/aromatic N) is 2. The Bertz CT molecular complexity index is 391. The number of carbonyl (C=O) groups is 1. The molecule has 1 saturated heterocycles. The Morgan fingerprint density at radius 1 is 1.44 bits per heavy atom. The molecule has 0 unspecified atom stereocenters. The molecule has 2 rings (SSSR count). The van der Waals surface area contributed by atoms with Crippen molar-refractivity contribution >= 4 is 5.91 Å². The highest BCUT2D eigenvalue weighted by atomic mass is 19.1. The van der Waals surface area contributed by atoms with Crippen LogP contribution < -0.4 is 5.32 Å². The van der Waals surface area contributed by atoms with Gasteiger partial charge in [-0.25, -0.2) is 4.98 Å². The highest BCUT2D eigenvalue weighted by Gasteiger charge is 2.11. The summed E-state index contributed by atoms with van der Waals surface area (Å²) in [6, 6.07) is 2.60. The Kier molecular flexibility index (Phi) is 4.60. The van der Waals surface area contributed by atoms with Crippen LogP contribution in [0.1, 0.15) is 10.4 Å². The lowest BCUT2D eigenvalue weighted by molar-refractivity contribution is 0.0383. The third-order valence-corrected chi connectivity index (χ3v) is 2.81. The SMILES string of the molecule is O=C(NCCN1CCOCC1)c1ccc(F)nc1. The van der Waals surface area contributed by atoms with Gasteiger partial charge in [0.15, 0.2) is 0 Å². The van der Waals surface area contributed by atoms with Crippen LogP contribution in [0.4, 0.5) is 4.39 Å². The van der Waals surface area contributed by atoms with Crippen molar-refractivity contribution in [3.63, 3.8) is 0 Å². The van der Waals surface area contributed by atoms with E-state index in [1.807, 2.05) is 0 Å². The molecule has 0 radical (unpaired) electrons. The molecule has 1 amide bonds. The summed E-state index contributed by atoms with van der Waals surface area (Å²) in [5.41, 5.74) is 0.373. The monoisotopic (exact) mass is 253 g/mol. The van der Waals surface area contributed by atoms with Gasteiger partial charge in [-0.05, 0) is 12.1 Å². The minimum absolute atomic E-state index is 0.226. The van der Waals surface area contributed by atoms with E-state index in [1.165, 1.54) is 18.3 Å². The van der Waals surface area contributed by atoms with Gasteiger partial charge < -0.3 is 10.1 Å². The van der Waals surface area contributed by atoms with Gasteiger partial charge in [0.2, 0.25) is 5.95 Å². The summed E-state index contributed by atoms with van der Waals surface area (Å²) in [5, 5.41) is 2.78. The van der Waals surface area contributed by atoms with Gasteiger partial charge in [-0.1, -0.05) is 0 Å². The Morgan fingerprint density at radius 2 is 2.22 bits per heavy atom. The third kappa shape index (κ3) is 3.75. The van der Waals surface area contributed by atoms with Crippen molar-refractivity contribution in [3.05, 3.63) is 29.8 Å². The van der Waals surface area contributed by atoms with Crippen molar-refractivity contribution < 1.29 is 13.9 Å². The largest absolute Gasteiger partial charge is 0.379 e. The van der Waals surface area contributed by atoms with E-state index < -0.39 is 5.95 Å². The van der Waals surface area contributed by atoms with Crippen molar-refractivity contribution in [1.82, 2.24) is 15.2 Å². The first kappa shape index (κ1) is 12.9. The predicted molar refractivity (Wildman–Crippen MR) is 63.8 cm³/mol. The molecule has 6 heteroatoms. The second-order valence-electron chi connectivity index (χ2n) is 4.08. The summed E-state index contributed by atoms with van der Waals surface area (Å²) >= 11 is 0. The van der Waals surface area contributed by atoms with Crippen LogP contribution in [-0.4, -0.2) is 55.2 Å². The van der Waals surface area contributed by atoms with Crippen LogP contribution in [0.3, 0.4) is 0 Å². The zero-order valence-electron chi connectivity index (χ0n) is 10.1. The van der Waals surface area contributed by atoms with Crippen LogP contribution in [-0.2, 0) is 4.74 Å². The molecular weight excluding hydrogens is 237 g/mol. The molecule has 18 heavy (non-hydrogen) atoms. The fourth-order valence-corrected chi connectivity index (χ4v) is 1.76. The number of halogens is 1. The molecule has 98 valence electrons. The quantitative estimate of drug-likeness (QED) is 0.783. The van der Waals surface area contributed by atoms with Crippen molar-refractivity contribution in [1.29, 1.82) is 0 Å². The third-order valence-electron chi connectivity index (χ3n) is 2.81. The molecule has 1 aliphatic rings. The Labute approximate surface area is 105 Å². The fourth-order valence-electron chi connectivity index (χ4n) is 1.76. The zero-order chi connectivity index (χ0) is 12.8. The van der Waals surface area contributed by atoms with Gasteiger partial charge in [-0.15, -0.1) is 0 Å². The number of carbonyl (C=O) groups excluding carboxylic acids is 1. The second kappa shape index (κ2) is 6.42. The number of hydrogen-bond donors (Lipinski definition) is 1. The summed E-state index contributed by atoms with van der Waals surface area (Å²) in [7, 11) is 0. The molecule has 0 bridgehead atoms. The van der Waals surface area contributed by atoms with Crippen molar-refractivity contribution in [3.8, 4) is 0 Å². The van der Waals surface area contributed by atoms with Crippen LogP contribution in [0.25, 0.3) is 0 Å². The average Bonchev–Trinajstić information content (AvgIpc) is 2.40. The standard InChI is InChI=1S/C12H16FN3O2/c13-11-2-1-10(9-15-11)12(17)14-3-4-16-5-7-18-8-6-16/h1-2,9H,3-8H2,(H,14,17). The zero-order valence-corrected chi connectivity index (χ0v) is 10.1. The van der Waals surface area contributed by atoms with E-state index in [0.717, 1.165) is 32.8 Å². The number of pyridine rings is 1. The van der Waals surface area contributed by atoms with Crippen LogP contribution in [0.2, 0.25) is 0 Å². The summed E-state index contributed by atoms with van der Waals surface area (Å²) in [6.45, 7) is 4.65. The number of rotatable bonds is 4. The number of ether oxygens (including phenoxy) is 1. The van der Waals surface area contributed by atoms with Gasteiger partial charge in [0, 0.05) is 32.4 Å². The maximum atomic E-state index is 12.6. The van der Waals surface area contributed by atoms with Crippen molar-refractivity contribution in [2.75, 3.05) is 39.4 Å². The molecule has 0 atom stereocenters. The number of hydrogen-bond acceptors (Lipinski definition) is 4. The Hall–Kier alpha value is -1.53. The number of aromatic nitrogens is 1. The van der Waals surface area contributed by atoms with Crippen LogP contribution in [0, 0.1) is 5.95 Å². The molecule has 0 aliphatic carbocycles. The molecular formula is C12H16FN3O2. The van der Waals surface area contributed by atoms with Crippen LogP contribution >= 0.6 is 0 Å². The normalized spacial score (nSPS) is 16.5. The molecule has 5 nitrogen and oxygen atoms in total. The smallest absolute Gasteiger partial charge is 0.252 e. The van der Waals surface area contributed by atoms with Crippen molar-refractivity contribution in [2.24, 2.45) is 0 Å². The average molecular weight is 253 g/mol. The molecule has 1 fully saturated rings. The van der Waals surface area contributed by atoms with Crippen LogP contribution in [0.5, 0.6) is 0 Å². The second-order valence-corrected chi connectivity index (χ2v) is 4.08. The van der Waals surface area contributed by atoms with E-state index in [1.54, 1.807) is 0 Å². The number of morpholine rings is 1. The molecule has 0 aromatic carbocycles. The highest BCUT2D eigenvalue weighted by Crippen LogP contribution is 1.99. The highest BCUT2D eigenvalue weighted by molar-refractivity contribution is 5.93. The van der Waals surface area contributed by atoms with Gasteiger partial charge in [-0.2, -0.15) is 4.39 Å². The number of amides is 1. The maximum Gasteiger partial charge on any atom is 0.252 e. The van der Waals surface area contributed by atoms with E-state index in [9.17, 15) is 9.18 Å². The predicted octanol–water partition coefficient (Wildman–Crippen LogP) is 0.283. The van der Waals surface area contributed by atoms with Crippen LogP contribution in [0.15, 0.2) is 18.3 Å². The molecule has 0 saturated carbocycles. The lowest BCUT2D eigenvalue weighted by Gasteiger charge is -2.26. The lowest BCUT2D eigenvalue weighted by atomic mass is 10.2. The van der Waals surface area contributed by atoms with E-state index in [-0.39, 0.29) is 5.91 Å². The topological polar surface area (TPSA) is 54.5 Å². The summed E-state index contributed by atoms with van der Waals surface area (Å²) < 4.78 is 17.8. The molecule has 1 aromatic rings. The molecule has 1 aliphatic heterocycles. The van der Waals surface area contributed by atoms with Gasteiger partial charge in [0.1, 0.15) is 0 Å². The minimum atomic E-state index is -0.583. The first-order valence-corrected chi connectivity index (χ1v) is 5.95. The van der Waals surface area contributed by atoms with E-state index in [2.05, 4.69) is 15.2 Å². The first-order chi connectivity index (χ1) is 8.75. The number of nitrogens with one attached hydrogen (secondary N) is 1. The van der Waals surface area contributed by atoms with E-state index in [0.29, 0.717) is 12.1 Å². The van der Waals surface area contributed by atoms with Gasteiger partial charge in [0.05, 0.1) is 18.8 Å². The van der Waals surface area contributed by atoms with Gasteiger partial charge in [-0.3, -0.25) is 9.69 Å². The fraction of sp³-hybridized carbons (Fsp3) is 0.500. The Morgan fingerprint density at radius 3 is 2.89 bits per heavy atom. The van der Waals surface area contributed by atoms with E-state index >= 15 is 0 Å². The molecule has 2 heterocycles. The minimum Gasteiger partial charge on any atom is -0.379 e. The molecule has 1 aromatic heterocycles. The Balaban J connectivity index is 1.72. The van der Waals surface area contributed by atoms with Gasteiger partial charge in [0.25, 0.3) is 5.91 Å². The first-order valence-electron chi connectivity index (χ1n) is 5.95. The lowest BCUT2D eigenvalue weighted by Crippen LogP contribution is -2.41. The maximum absolute atomic E-state index is 12.6. The summed E-state index contributed by atoms with van der Waals surface area (Å²) in [5.74, 6) is -0.810. The summed E-state index contributed by atoms with van der Waals surface area (Å²) in [6.07, 6.45) is 1.24. The molecule has 0 spiro atoms. The summed E-state index contributed by atoms with van der Waals surface area (Å²) in [4.78, 5) is 17.4.